The average Bonchev–Trinajstić information content (AvgIpc) is 3.16. The van der Waals surface area contributed by atoms with Gasteiger partial charge in [-0.15, -0.1) is 0 Å². The number of aliphatic hydroxyl groups is 1. The van der Waals surface area contributed by atoms with E-state index < -0.39 is 6.04 Å². The van der Waals surface area contributed by atoms with Gasteiger partial charge in [-0.3, -0.25) is 15.0 Å². The van der Waals surface area contributed by atoms with Gasteiger partial charge in [0.2, 0.25) is 5.91 Å². The second kappa shape index (κ2) is 8.12. The SMILES string of the molecule is CC[C@@H](CO)NC(=O)C1C=CC2=C(N1)N(C(=O)Nc1ccccn1)[C@H]1CCN2C1. The zero-order valence-corrected chi connectivity index (χ0v) is 16.3. The summed E-state index contributed by atoms with van der Waals surface area (Å²) in [6, 6.07) is 4.20. The number of amides is 3. The van der Waals surface area contributed by atoms with Crippen LogP contribution < -0.4 is 16.0 Å². The predicted octanol–water partition coefficient (Wildman–Crippen LogP) is 0.588. The number of carbonyl (C=O) groups excluding carboxylic acids is 2. The molecule has 3 aliphatic heterocycles. The van der Waals surface area contributed by atoms with Gasteiger partial charge in [-0.25, -0.2) is 9.78 Å². The molecule has 4 rings (SSSR count). The first kappa shape index (κ1) is 19.3. The van der Waals surface area contributed by atoms with Crippen molar-refractivity contribution in [1.29, 1.82) is 0 Å². The molecule has 0 spiro atoms. The van der Waals surface area contributed by atoms with Gasteiger partial charge < -0.3 is 20.6 Å². The molecule has 4 heterocycles. The second-order valence-corrected chi connectivity index (χ2v) is 7.41. The third kappa shape index (κ3) is 3.77. The first-order valence-corrected chi connectivity index (χ1v) is 9.97. The molecule has 0 radical (unpaired) electrons. The van der Waals surface area contributed by atoms with Crippen LogP contribution in [0, 0.1) is 0 Å². The normalized spacial score (nSPS) is 23.4. The third-order valence-corrected chi connectivity index (χ3v) is 5.55. The minimum absolute atomic E-state index is 0.0287. The van der Waals surface area contributed by atoms with Crippen molar-refractivity contribution in [1.82, 2.24) is 25.4 Å². The number of nitrogens with one attached hydrogen (secondary N) is 3. The lowest BCUT2D eigenvalue weighted by Gasteiger charge is -2.41. The Bertz CT molecular complexity index is 836. The molecular formula is C20H26N6O3. The van der Waals surface area contributed by atoms with Crippen LogP contribution in [0.1, 0.15) is 19.8 Å². The van der Waals surface area contributed by atoms with Gasteiger partial charge in [-0.2, -0.15) is 0 Å². The number of allylic oxidation sites excluding steroid dienone is 1. The first-order chi connectivity index (χ1) is 14.1. The summed E-state index contributed by atoms with van der Waals surface area (Å²) in [7, 11) is 0. The Morgan fingerprint density at radius 3 is 3.00 bits per heavy atom. The summed E-state index contributed by atoms with van der Waals surface area (Å²) in [4.78, 5) is 33.8. The maximum absolute atomic E-state index is 13.1. The number of aliphatic hydroxyl groups excluding tert-OH is 1. The average molecular weight is 398 g/mol. The number of dihydropyridines is 1. The van der Waals surface area contributed by atoms with Crippen molar-refractivity contribution in [3.8, 4) is 0 Å². The van der Waals surface area contributed by atoms with Crippen LogP contribution in [0.15, 0.2) is 48.1 Å². The van der Waals surface area contributed by atoms with Crippen molar-refractivity contribution < 1.29 is 14.7 Å². The van der Waals surface area contributed by atoms with Gasteiger partial charge in [-0.05, 0) is 31.1 Å². The number of nitrogens with zero attached hydrogens (tertiary/aromatic N) is 3. The highest BCUT2D eigenvalue weighted by atomic mass is 16.3. The Morgan fingerprint density at radius 1 is 1.41 bits per heavy atom. The third-order valence-electron chi connectivity index (χ3n) is 5.55. The topological polar surface area (TPSA) is 110 Å². The molecule has 3 amide bonds. The van der Waals surface area contributed by atoms with Crippen LogP contribution in [0.3, 0.4) is 0 Å². The summed E-state index contributed by atoms with van der Waals surface area (Å²) in [5.74, 6) is 0.882. The molecule has 1 aromatic heterocycles. The minimum atomic E-state index is -0.613. The van der Waals surface area contributed by atoms with E-state index >= 15 is 0 Å². The lowest BCUT2D eigenvalue weighted by Crippen LogP contribution is -2.56. The molecule has 1 unspecified atom stereocenters. The molecule has 0 aromatic carbocycles. The maximum Gasteiger partial charge on any atom is 0.328 e. The molecule has 2 bridgehead atoms. The van der Waals surface area contributed by atoms with E-state index in [1.165, 1.54) is 0 Å². The summed E-state index contributed by atoms with van der Waals surface area (Å²) < 4.78 is 0. The molecule has 3 atom stereocenters. The Kier molecular flexibility index (Phi) is 5.39. The van der Waals surface area contributed by atoms with Crippen LogP contribution in [0.5, 0.6) is 0 Å². The van der Waals surface area contributed by atoms with Crippen molar-refractivity contribution in [2.24, 2.45) is 0 Å². The Balaban J connectivity index is 1.54. The Hall–Kier alpha value is -3.07. The van der Waals surface area contributed by atoms with E-state index in [9.17, 15) is 14.7 Å². The van der Waals surface area contributed by atoms with E-state index in [4.69, 9.17) is 0 Å². The van der Waals surface area contributed by atoms with Crippen molar-refractivity contribution in [2.75, 3.05) is 25.0 Å². The van der Waals surface area contributed by atoms with Gasteiger partial charge in [-0.1, -0.05) is 19.1 Å². The molecule has 1 aromatic rings. The van der Waals surface area contributed by atoms with Crippen LogP contribution >= 0.6 is 0 Å². The summed E-state index contributed by atoms with van der Waals surface area (Å²) in [6.07, 6.45) is 6.82. The van der Waals surface area contributed by atoms with Gasteiger partial charge >= 0.3 is 6.03 Å². The molecule has 0 saturated carbocycles. The number of carbonyl (C=O) groups is 2. The molecule has 0 aliphatic carbocycles. The van der Waals surface area contributed by atoms with Crippen LogP contribution in [0.4, 0.5) is 10.6 Å². The van der Waals surface area contributed by atoms with Crippen LogP contribution in [-0.2, 0) is 4.79 Å². The number of aromatic nitrogens is 1. The van der Waals surface area contributed by atoms with Crippen LogP contribution in [0.25, 0.3) is 0 Å². The van der Waals surface area contributed by atoms with Crippen molar-refractivity contribution >= 4 is 17.8 Å². The molecule has 154 valence electrons. The fraction of sp³-hybridized carbons (Fsp3) is 0.450. The number of hydrogen-bond donors (Lipinski definition) is 4. The lowest BCUT2D eigenvalue weighted by molar-refractivity contribution is -0.123. The minimum Gasteiger partial charge on any atom is -0.394 e. The monoisotopic (exact) mass is 398 g/mol. The number of pyridine rings is 1. The molecule has 9 nitrogen and oxygen atoms in total. The number of rotatable bonds is 5. The number of urea groups is 1. The zero-order valence-electron chi connectivity index (χ0n) is 16.3. The highest BCUT2D eigenvalue weighted by Gasteiger charge is 2.42. The van der Waals surface area contributed by atoms with E-state index in [1.54, 1.807) is 29.3 Å². The number of fused-ring (bicyclic) bond motifs is 3. The van der Waals surface area contributed by atoms with Gasteiger partial charge in [0.05, 0.1) is 24.4 Å². The molecule has 1 fully saturated rings. The van der Waals surface area contributed by atoms with E-state index in [0.717, 1.165) is 25.2 Å². The molecule has 1 saturated heterocycles. The summed E-state index contributed by atoms with van der Waals surface area (Å²) in [5.41, 5.74) is 0.910. The van der Waals surface area contributed by atoms with Crippen LogP contribution in [-0.4, -0.2) is 69.7 Å². The fourth-order valence-corrected chi connectivity index (χ4v) is 3.93. The van der Waals surface area contributed by atoms with Crippen molar-refractivity contribution in [3.63, 3.8) is 0 Å². The quantitative estimate of drug-likeness (QED) is 0.578. The Labute approximate surface area is 169 Å². The molecular weight excluding hydrogens is 372 g/mol. The Morgan fingerprint density at radius 2 is 2.28 bits per heavy atom. The lowest BCUT2D eigenvalue weighted by atomic mass is 10.1. The molecule has 3 aliphatic rings. The summed E-state index contributed by atoms with van der Waals surface area (Å²) in [6.45, 7) is 3.42. The number of hydrogen-bond acceptors (Lipinski definition) is 6. The second-order valence-electron chi connectivity index (χ2n) is 7.41. The fourth-order valence-electron chi connectivity index (χ4n) is 3.93. The van der Waals surface area contributed by atoms with E-state index in [1.807, 2.05) is 19.1 Å². The van der Waals surface area contributed by atoms with E-state index in [2.05, 4.69) is 25.8 Å². The van der Waals surface area contributed by atoms with Crippen LogP contribution in [0.2, 0.25) is 0 Å². The first-order valence-electron chi connectivity index (χ1n) is 9.97. The predicted molar refractivity (Wildman–Crippen MR) is 107 cm³/mol. The summed E-state index contributed by atoms with van der Waals surface area (Å²) >= 11 is 0. The van der Waals surface area contributed by atoms with E-state index in [0.29, 0.717) is 18.1 Å². The molecule has 29 heavy (non-hydrogen) atoms. The smallest absolute Gasteiger partial charge is 0.328 e. The van der Waals surface area contributed by atoms with Gasteiger partial charge in [0.1, 0.15) is 17.7 Å². The highest BCUT2D eigenvalue weighted by molar-refractivity contribution is 5.91. The standard InChI is InChI=1S/C20H26N6O3/c1-2-13(12-27)22-19(28)15-6-7-16-18(23-15)26(14-8-10-25(16)11-14)20(29)24-17-5-3-4-9-21-17/h3-7,9,13-15,23,27H,2,8,10-12H2,1H3,(H,22,28)(H,21,24,29)/t13-,14-,15?/m0/s1. The number of anilines is 1. The van der Waals surface area contributed by atoms with Crippen molar-refractivity contribution in [3.05, 3.63) is 48.1 Å². The molecule has 9 heteroatoms. The maximum atomic E-state index is 13.1. The molecule has 4 N–H and O–H groups in total. The highest BCUT2D eigenvalue weighted by Crippen LogP contribution is 2.33. The van der Waals surface area contributed by atoms with E-state index in [-0.39, 0.29) is 30.6 Å². The zero-order chi connectivity index (χ0) is 20.4. The van der Waals surface area contributed by atoms with Crippen molar-refractivity contribution in [2.45, 2.75) is 37.9 Å². The summed E-state index contributed by atoms with van der Waals surface area (Å²) in [5, 5.41) is 18.3. The van der Waals surface area contributed by atoms with Gasteiger partial charge in [0.25, 0.3) is 0 Å². The largest absolute Gasteiger partial charge is 0.394 e. The van der Waals surface area contributed by atoms with Gasteiger partial charge in [0.15, 0.2) is 0 Å². The van der Waals surface area contributed by atoms with Gasteiger partial charge in [0, 0.05) is 19.3 Å².